The van der Waals surface area contributed by atoms with E-state index in [0.29, 0.717) is 18.2 Å². The summed E-state index contributed by atoms with van der Waals surface area (Å²) in [5, 5.41) is 20.3. The predicted octanol–water partition coefficient (Wildman–Crippen LogP) is 1.77. The Morgan fingerprint density at radius 1 is 1.36 bits per heavy atom. The summed E-state index contributed by atoms with van der Waals surface area (Å²) in [5.41, 5.74) is -0.750. The van der Waals surface area contributed by atoms with Crippen LogP contribution in [0.4, 0.5) is 0 Å². The molecule has 0 aliphatic heterocycles. The van der Waals surface area contributed by atoms with Gasteiger partial charge in [0.25, 0.3) is 0 Å². The van der Waals surface area contributed by atoms with Crippen molar-refractivity contribution in [2.75, 3.05) is 5.88 Å². The normalized spacial score (nSPS) is 49.9. The van der Waals surface area contributed by atoms with Crippen molar-refractivity contribution in [1.82, 2.24) is 0 Å². The molecule has 0 heterocycles. The maximum absolute atomic E-state index is 10.4. The van der Waals surface area contributed by atoms with E-state index in [1.807, 2.05) is 0 Å². The van der Waals surface area contributed by atoms with Gasteiger partial charge >= 0.3 is 0 Å². The molecule has 3 aliphatic carbocycles. The van der Waals surface area contributed by atoms with Crippen LogP contribution in [-0.4, -0.2) is 27.8 Å². The molecular formula is C11H19ClO2. The van der Waals surface area contributed by atoms with Crippen molar-refractivity contribution in [3.8, 4) is 0 Å². The van der Waals surface area contributed by atoms with Crippen LogP contribution >= 0.6 is 11.6 Å². The van der Waals surface area contributed by atoms with Crippen molar-refractivity contribution in [2.24, 2.45) is 17.3 Å². The third kappa shape index (κ3) is 1.17. The van der Waals surface area contributed by atoms with Gasteiger partial charge in [-0.15, -0.1) is 11.6 Å². The highest BCUT2D eigenvalue weighted by atomic mass is 35.5. The van der Waals surface area contributed by atoms with E-state index in [1.165, 1.54) is 0 Å². The van der Waals surface area contributed by atoms with Gasteiger partial charge in [-0.25, -0.2) is 0 Å². The van der Waals surface area contributed by atoms with Crippen LogP contribution in [0.25, 0.3) is 0 Å². The fraction of sp³-hybridized carbons (Fsp3) is 1.00. The Hall–Kier alpha value is 0.210. The highest BCUT2D eigenvalue weighted by Gasteiger charge is 2.63. The third-order valence-electron chi connectivity index (χ3n) is 4.65. The van der Waals surface area contributed by atoms with Crippen LogP contribution < -0.4 is 0 Å². The Labute approximate surface area is 90.3 Å². The maximum Gasteiger partial charge on any atom is 0.0950 e. The quantitative estimate of drug-likeness (QED) is 0.694. The number of hydrogen-bond donors (Lipinski definition) is 2. The Kier molecular flexibility index (Phi) is 2.37. The van der Waals surface area contributed by atoms with Crippen LogP contribution in [0.2, 0.25) is 0 Å². The molecule has 0 spiro atoms. The van der Waals surface area contributed by atoms with Gasteiger partial charge in [0.1, 0.15) is 0 Å². The number of hydrogen-bond acceptors (Lipinski definition) is 2. The van der Waals surface area contributed by atoms with Crippen LogP contribution in [0.1, 0.15) is 33.1 Å². The predicted molar refractivity (Wildman–Crippen MR) is 56.3 cm³/mol. The molecule has 0 unspecified atom stereocenters. The fourth-order valence-electron chi connectivity index (χ4n) is 3.46. The maximum atomic E-state index is 10.4. The lowest BCUT2D eigenvalue weighted by atomic mass is 9.43. The standard InChI is InChI=1S/C11H19ClO2/c1-10(2)7-5-8(10)11(14,3-4-12)9(13)6-7/h7-9,13-14H,3-6H2,1-2H3/t7-,8-,9+,11-/m1/s1. The van der Waals surface area contributed by atoms with Crippen LogP contribution in [0, 0.1) is 17.3 Å². The summed E-state index contributed by atoms with van der Waals surface area (Å²) in [6.07, 6.45) is 1.73. The summed E-state index contributed by atoms with van der Waals surface area (Å²) in [4.78, 5) is 0. The van der Waals surface area contributed by atoms with E-state index in [4.69, 9.17) is 11.6 Å². The van der Waals surface area contributed by atoms with Crippen molar-refractivity contribution < 1.29 is 10.2 Å². The molecule has 0 aromatic rings. The van der Waals surface area contributed by atoms with Crippen molar-refractivity contribution in [3.05, 3.63) is 0 Å². The Bertz CT molecular complexity index is 241. The number of fused-ring (bicyclic) bond motifs is 2. The first-order valence-corrected chi connectivity index (χ1v) is 5.92. The minimum absolute atomic E-state index is 0.181. The second-order valence-corrected chi connectivity index (χ2v) is 5.87. The van der Waals surface area contributed by atoms with E-state index in [2.05, 4.69) is 13.8 Å². The molecule has 2 N–H and O–H groups in total. The first-order chi connectivity index (χ1) is 6.43. The minimum atomic E-state index is -0.931. The monoisotopic (exact) mass is 218 g/mol. The molecule has 4 atom stereocenters. The van der Waals surface area contributed by atoms with E-state index in [1.54, 1.807) is 0 Å². The lowest BCUT2D eigenvalue weighted by Gasteiger charge is -2.65. The van der Waals surface area contributed by atoms with Gasteiger partial charge in [-0.1, -0.05) is 13.8 Å². The van der Waals surface area contributed by atoms with E-state index in [0.717, 1.165) is 12.8 Å². The SMILES string of the molecule is CC1(C)[C@@H]2C[C@H]1[C@](O)(CCCl)[C@@H](O)C2. The largest absolute Gasteiger partial charge is 0.390 e. The molecule has 3 fully saturated rings. The van der Waals surface area contributed by atoms with Gasteiger partial charge < -0.3 is 10.2 Å². The number of alkyl halides is 1. The van der Waals surface area contributed by atoms with Gasteiger partial charge in [-0.05, 0) is 36.5 Å². The van der Waals surface area contributed by atoms with Gasteiger partial charge in [0, 0.05) is 5.88 Å². The topological polar surface area (TPSA) is 40.5 Å². The molecule has 2 nitrogen and oxygen atoms in total. The molecule has 0 radical (unpaired) electrons. The summed E-state index contributed by atoms with van der Waals surface area (Å²) in [7, 11) is 0. The molecule has 2 bridgehead atoms. The summed E-state index contributed by atoms with van der Waals surface area (Å²) >= 11 is 5.69. The van der Waals surface area contributed by atoms with E-state index < -0.39 is 11.7 Å². The fourth-order valence-corrected chi connectivity index (χ4v) is 3.77. The second-order valence-electron chi connectivity index (χ2n) is 5.49. The first-order valence-electron chi connectivity index (χ1n) is 5.39. The van der Waals surface area contributed by atoms with Gasteiger partial charge in [0.15, 0.2) is 0 Å². The average molecular weight is 219 g/mol. The molecular weight excluding hydrogens is 200 g/mol. The van der Waals surface area contributed by atoms with Gasteiger partial charge in [-0.3, -0.25) is 0 Å². The minimum Gasteiger partial charge on any atom is -0.390 e. The number of aliphatic hydroxyl groups excluding tert-OH is 1. The van der Waals surface area contributed by atoms with E-state index >= 15 is 0 Å². The van der Waals surface area contributed by atoms with Crippen molar-refractivity contribution in [2.45, 2.75) is 44.8 Å². The molecule has 0 amide bonds. The smallest absolute Gasteiger partial charge is 0.0950 e. The highest BCUT2D eigenvalue weighted by Crippen LogP contribution is 2.63. The summed E-state index contributed by atoms with van der Waals surface area (Å²) in [6, 6.07) is 0. The molecule has 0 aromatic heterocycles. The summed E-state index contributed by atoms with van der Waals surface area (Å²) in [6.45, 7) is 4.38. The van der Waals surface area contributed by atoms with E-state index in [9.17, 15) is 10.2 Å². The molecule has 3 rings (SSSR count). The third-order valence-corrected chi connectivity index (χ3v) is 4.84. The van der Waals surface area contributed by atoms with Gasteiger partial charge in [0.05, 0.1) is 11.7 Å². The second kappa shape index (κ2) is 3.10. The lowest BCUT2D eigenvalue weighted by Crippen LogP contribution is -2.67. The Morgan fingerprint density at radius 2 is 2.00 bits per heavy atom. The molecule has 3 heteroatoms. The number of aliphatic hydroxyl groups is 2. The van der Waals surface area contributed by atoms with Crippen molar-refractivity contribution >= 4 is 11.6 Å². The van der Waals surface area contributed by atoms with Crippen LogP contribution in [0.3, 0.4) is 0 Å². The zero-order valence-corrected chi connectivity index (χ0v) is 9.59. The zero-order valence-electron chi connectivity index (χ0n) is 8.83. The Morgan fingerprint density at radius 3 is 2.50 bits per heavy atom. The molecule has 14 heavy (non-hydrogen) atoms. The molecule has 0 saturated heterocycles. The zero-order chi connectivity index (χ0) is 10.6. The average Bonchev–Trinajstić information content (AvgIpc) is 2.09. The highest BCUT2D eigenvalue weighted by molar-refractivity contribution is 6.17. The van der Waals surface area contributed by atoms with Crippen LogP contribution in [0.15, 0.2) is 0 Å². The van der Waals surface area contributed by atoms with Crippen molar-refractivity contribution in [3.63, 3.8) is 0 Å². The molecule has 82 valence electrons. The molecule has 0 aromatic carbocycles. The van der Waals surface area contributed by atoms with Crippen LogP contribution in [-0.2, 0) is 0 Å². The van der Waals surface area contributed by atoms with Gasteiger partial charge in [0.2, 0.25) is 0 Å². The van der Waals surface area contributed by atoms with E-state index in [-0.39, 0.29) is 11.3 Å². The molecule has 3 saturated carbocycles. The lowest BCUT2D eigenvalue weighted by molar-refractivity contribution is -0.253. The number of halogens is 1. The number of rotatable bonds is 2. The summed E-state index contributed by atoms with van der Waals surface area (Å²) in [5.74, 6) is 1.23. The van der Waals surface area contributed by atoms with Gasteiger partial charge in [-0.2, -0.15) is 0 Å². The first kappa shape index (κ1) is 10.7. The molecule has 3 aliphatic rings. The van der Waals surface area contributed by atoms with Crippen molar-refractivity contribution in [1.29, 1.82) is 0 Å². The Balaban J connectivity index is 2.22. The van der Waals surface area contributed by atoms with Crippen LogP contribution in [0.5, 0.6) is 0 Å². The summed E-state index contributed by atoms with van der Waals surface area (Å²) < 4.78 is 0.